The van der Waals surface area contributed by atoms with Crippen LogP contribution in [0.5, 0.6) is 5.75 Å². The highest BCUT2D eigenvalue weighted by atomic mass is 35.5. The van der Waals surface area contributed by atoms with Crippen LogP contribution >= 0.6 is 11.6 Å². The summed E-state index contributed by atoms with van der Waals surface area (Å²) in [6, 6.07) is 30.1. The predicted molar refractivity (Wildman–Crippen MR) is 169 cm³/mol. The van der Waals surface area contributed by atoms with Gasteiger partial charge < -0.3 is 15.0 Å². The minimum Gasteiger partial charge on any atom is -0.492 e. The Bertz CT molecular complexity index is 1620. The average Bonchev–Trinajstić information content (AvgIpc) is 3.02. The number of ether oxygens (including phenoxy) is 1. The van der Waals surface area contributed by atoms with Crippen LogP contribution in [0.25, 0.3) is 0 Å². The van der Waals surface area contributed by atoms with Crippen LogP contribution < -0.4 is 14.4 Å². The second-order valence-corrected chi connectivity index (χ2v) is 12.0. The lowest BCUT2D eigenvalue weighted by atomic mass is 10.0. The smallest absolute Gasteiger partial charge is 0.264 e. The molecule has 0 aliphatic heterocycles. The van der Waals surface area contributed by atoms with Crippen molar-refractivity contribution < 1.29 is 22.7 Å². The number of benzene rings is 4. The van der Waals surface area contributed by atoms with Crippen molar-refractivity contribution in [1.29, 1.82) is 0 Å². The number of anilines is 1. The molecule has 224 valence electrons. The van der Waals surface area contributed by atoms with E-state index < -0.39 is 28.5 Å². The van der Waals surface area contributed by atoms with Crippen molar-refractivity contribution >= 4 is 39.1 Å². The zero-order chi connectivity index (χ0) is 30.8. The van der Waals surface area contributed by atoms with E-state index in [9.17, 15) is 18.0 Å². The first-order chi connectivity index (χ1) is 20.7. The fourth-order valence-electron chi connectivity index (χ4n) is 4.69. The Morgan fingerprint density at radius 1 is 0.837 bits per heavy atom. The number of nitrogens with one attached hydrogen (secondary N) is 1. The van der Waals surface area contributed by atoms with Crippen LogP contribution in [0.15, 0.2) is 114 Å². The van der Waals surface area contributed by atoms with E-state index in [0.717, 1.165) is 15.4 Å². The molecule has 0 saturated heterocycles. The van der Waals surface area contributed by atoms with Crippen LogP contribution in [0.1, 0.15) is 18.1 Å². The Hall–Kier alpha value is -4.34. The van der Waals surface area contributed by atoms with Crippen LogP contribution in [-0.2, 0) is 32.6 Å². The average molecular weight is 620 g/mol. The van der Waals surface area contributed by atoms with Gasteiger partial charge in [0.15, 0.2) is 0 Å². The lowest BCUT2D eigenvalue weighted by Crippen LogP contribution is -2.53. The molecule has 4 aromatic carbocycles. The molecule has 0 aliphatic rings. The van der Waals surface area contributed by atoms with Gasteiger partial charge in [-0.15, -0.1) is 0 Å². The third-order valence-electron chi connectivity index (χ3n) is 6.83. The molecular weight excluding hydrogens is 586 g/mol. The van der Waals surface area contributed by atoms with E-state index in [0.29, 0.717) is 10.8 Å². The highest BCUT2D eigenvalue weighted by Crippen LogP contribution is 2.33. The van der Waals surface area contributed by atoms with Gasteiger partial charge >= 0.3 is 0 Å². The number of nitrogens with zero attached hydrogens (tertiary/aromatic N) is 2. The summed E-state index contributed by atoms with van der Waals surface area (Å²) in [6.07, 6.45) is 0.235. The Morgan fingerprint density at radius 3 is 2.02 bits per heavy atom. The number of likely N-dealkylation sites (N-methyl/N-ethyl adjacent to an activating group) is 1. The second-order valence-electron chi connectivity index (χ2n) is 9.69. The lowest BCUT2D eigenvalue weighted by Gasteiger charge is -2.34. The molecule has 10 heteroatoms. The van der Waals surface area contributed by atoms with E-state index in [4.69, 9.17) is 16.3 Å². The van der Waals surface area contributed by atoms with Gasteiger partial charge in [-0.3, -0.25) is 13.9 Å². The topological polar surface area (TPSA) is 96.0 Å². The highest BCUT2D eigenvalue weighted by molar-refractivity contribution is 7.92. The van der Waals surface area contributed by atoms with Gasteiger partial charge in [-0.1, -0.05) is 84.4 Å². The summed E-state index contributed by atoms with van der Waals surface area (Å²) < 4.78 is 35.1. The third-order valence-corrected chi connectivity index (χ3v) is 8.85. The van der Waals surface area contributed by atoms with E-state index >= 15 is 0 Å². The first-order valence-electron chi connectivity index (χ1n) is 13.8. The number of hydrogen-bond acceptors (Lipinski definition) is 5. The Labute approximate surface area is 257 Å². The molecule has 0 spiro atoms. The van der Waals surface area contributed by atoms with Gasteiger partial charge in [0.25, 0.3) is 10.0 Å². The standard InChI is InChI=1S/C33H34ClN3O5S/c1-3-42-31-17-11-10-16-29(31)37(43(40,41)28-20-18-27(34)19-21-28)24-32(38)36(23-26-14-8-5-9-15-26)30(33(39)35-2)22-25-12-6-4-7-13-25/h4-21,30H,3,22-24H2,1-2H3,(H,35,39)/t30-/m0/s1. The van der Waals surface area contributed by atoms with Gasteiger partial charge in [-0.05, 0) is 54.4 Å². The number of hydrogen-bond donors (Lipinski definition) is 1. The summed E-state index contributed by atoms with van der Waals surface area (Å²) in [6.45, 7) is 1.59. The molecule has 0 radical (unpaired) electrons. The number of para-hydroxylation sites is 2. The summed E-state index contributed by atoms with van der Waals surface area (Å²) in [5.74, 6) is -0.621. The molecule has 4 aromatic rings. The van der Waals surface area contributed by atoms with Crippen LogP contribution in [0.4, 0.5) is 5.69 Å². The Kier molecular flexibility index (Phi) is 10.8. The molecule has 0 unspecified atom stereocenters. The number of rotatable bonds is 13. The SMILES string of the molecule is CCOc1ccccc1N(CC(=O)N(Cc1ccccc1)[C@@H](Cc1ccccc1)C(=O)NC)S(=O)(=O)c1ccc(Cl)cc1. The molecule has 0 fully saturated rings. The minimum absolute atomic E-state index is 0.0438. The summed E-state index contributed by atoms with van der Waals surface area (Å²) in [7, 11) is -2.76. The van der Waals surface area contributed by atoms with Gasteiger partial charge in [0.1, 0.15) is 18.3 Å². The van der Waals surface area contributed by atoms with Crippen molar-refractivity contribution in [1.82, 2.24) is 10.2 Å². The molecule has 0 heterocycles. The number of sulfonamides is 1. The number of carbonyl (C=O) groups excluding carboxylic acids is 2. The van der Waals surface area contributed by atoms with Crippen LogP contribution in [0.2, 0.25) is 5.02 Å². The molecule has 0 aromatic heterocycles. The minimum atomic E-state index is -4.28. The highest BCUT2D eigenvalue weighted by Gasteiger charge is 2.35. The van der Waals surface area contributed by atoms with Crippen molar-refractivity contribution in [2.24, 2.45) is 0 Å². The maximum atomic E-state index is 14.4. The van der Waals surface area contributed by atoms with Crippen LogP contribution in [0, 0.1) is 0 Å². The van der Waals surface area contributed by atoms with Crippen molar-refractivity contribution in [3.05, 3.63) is 125 Å². The molecule has 2 amide bonds. The molecule has 43 heavy (non-hydrogen) atoms. The number of carbonyl (C=O) groups is 2. The first-order valence-corrected chi connectivity index (χ1v) is 15.7. The maximum absolute atomic E-state index is 14.4. The largest absolute Gasteiger partial charge is 0.492 e. The van der Waals surface area contributed by atoms with Crippen LogP contribution in [0.3, 0.4) is 0 Å². The molecule has 1 atom stereocenters. The third kappa shape index (κ3) is 7.94. The normalized spacial score (nSPS) is 11.8. The molecule has 4 rings (SSSR count). The molecular formula is C33H34ClN3O5S. The van der Waals surface area contributed by atoms with Gasteiger partial charge in [-0.25, -0.2) is 8.42 Å². The van der Waals surface area contributed by atoms with Gasteiger partial charge in [0, 0.05) is 25.0 Å². The monoisotopic (exact) mass is 619 g/mol. The maximum Gasteiger partial charge on any atom is 0.264 e. The van der Waals surface area contributed by atoms with E-state index in [1.54, 1.807) is 31.2 Å². The Morgan fingerprint density at radius 2 is 1.42 bits per heavy atom. The van der Waals surface area contributed by atoms with Crippen molar-refractivity contribution in [3.63, 3.8) is 0 Å². The van der Waals surface area contributed by atoms with E-state index in [1.807, 2.05) is 60.7 Å². The van der Waals surface area contributed by atoms with E-state index in [1.165, 1.54) is 36.2 Å². The first kappa shape index (κ1) is 31.6. The molecule has 0 bridgehead atoms. The van der Waals surface area contributed by atoms with Crippen molar-refractivity contribution in [2.45, 2.75) is 30.8 Å². The van der Waals surface area contributed by atoms with Gasteiger partial charge in [0.05, 0.1) is 17.2 Å². The summed E-state index contributed by atoms with van der Waals surface area (Å²) in [5.41, 5.74) is 1.85. The van der Waals surface area contributed by atoms with Crippen molar-refractivity contribution in [3.8, 4) is 5.75 Å². The van der Waals surface area contributed by atoms with E-state index in [2.05, 4.69) is 5.32 Å². The molecule has 0 saturated carbocycles. The second kappa shape index (κ2) is 14.7. The quantitative estimate of drug-likeness (QED) is 0.219. The van der Waals surface area contributed by atoms with Gasteiger partial charge in [0.2, 0.25) is 11.8 Å². The fraction of sp³-hybridized carbons (Fsp3) is 0.212. The van der Waals surface area contributed by atoms with E-state index in [-0.39, 0.29) is 36.1 Å². The number of halogens is 1. The van der Waals surface area contributed by atoms with Gasteiger partial charge in [-0.2, -0.15) is 0 Å². The van der Waals surface area contributed by atoms with Crippen LogP contribution in [-0.4, -0.2) is 51.4 Å². The lowest BCUT2D eigenvalue weighted by molar-refractivity contribution is -0.139. The zero-order valence-electron chi connectivity index (χ0n) is 24.0. The molecule has 1 N–H and O–H groups in total. The Balaban J connectivity index is 1.81. The zero-order valence-corrected chi connectivity index (χ0v) is 25.6. The summed E-state index contributed by atoms with van der Waals surface area (Å²) >= 11 is 6.05. The fourth-order valence-corrected chi connectivity index (χ4v) is 6.24. The number of amides is 2. The summed E-state index contributed by atoms with van der Waals surface area (Å²) in [5, 5.41) is 3.06. The predicted octanol–water partition coefficient (Wildman–Crippen LogP) is 5.32. The molecule has 0 aliphatic carbocycles. The molecule has 8 nitrogen and oxygen atoms in total. The van der Waals surface area contributed by atoms with Crippen molar-refractivity contribution in [2.75, 3.05) is 24.5 Å². The summed E-state index contributed by atoms with van der Waals surface area (Å²) in [4.78, 5) is 29.1.